The highest BCUT2D eigenvalue weighted by atomic mass is 35.5. The topological polar surface area (TPSA) is 64.2 Å². The number of nitrogens with zero attached hydrogens (tertiary/aromatic N) is 4. The number of benzene rings is 1. The first kappa shape index (κ1) is 18.5. The third kappa shape index (κ3) is 4.11. The summed E-state index contributed by atoms with van der Waals surface area (Å²) >= 11 is 7.53. The molecule has 0 bridgehead atoms. The Morgan fingerprint density at radius 3 is 2.77 bits per heavy atom. The number of hydrogen-bond donors (Lipinski definition) is 0. The minimum Gasteiger partial charge on any atom is -0.461 e. The minimum atomic E-state index is 0.000112. The van der Waals surface area contributed by atoms with Crippen molar-refractivity contribution in [3.8, 4) is 11.6 Å². The van der Waals surface area contributed by atoms with Gasteiger partial charge in [0.1, 0.15) is 0 Å². The molecule has 0 spiro atoms. The molecule has 1 amide bonds. The van der Waals surface area contributed by atoms with Crippen molar-refractivity contribution in [2.75, 3.05) is 12.8 Å². The fraction of sp³-hybridized carbons (Fsp3) is 0.278. The van der Waals surface area contributed by atoms with Gasteiger partial charge in [0.2, 0.25) is 5.91 Å². The third-order valence-electron chi connectivity index (χ3n) is 3.89. The number of amides is 1. The summed E-state index contributed by atoms with van der Waals surface area (Å²) in [6.45, 7) is 3.16. The van der Waals surface area contributed by atoms with Crippen LogP contribution in [0.3, 0.4) is 0 Å². The van der Waals surface area contributed by atoms with Crippen LogP contribution in [0.1, 0.15) is 12.5 Å². The van der Waals surface area contributed by atoms with Crippen molar-refractivity contribution in [3.05, 3.63) is 53.2 Å². The fourth-order valence-corrected chi connectivity index (χ4v) is 3.61. The number of furan rings is 1. The summed E-state index contributed by atoms with van der Waals surface area (Å²) in [5, 5.41) is 9.74. The molecule has 0 radical (unpaired) electrons. The maximum atomic E-state index is 12.5. The molecule has 0 N–H and O–H groups in total. The van der Waals surface area contributed by atoms with Crippen molar-refractivity contribution in [1.29, 1.82) is 0 Å². The van der Waals surface area contributed by atoms with E-state index in [1.807, 2.05) is 47.9 Å². The third-order valence-corrected chi connectivity index (χ3v) is 5.21. The lowest BCUT2D eigenvalue weighted by Gasteiger charge is -2.17. The maximum absolute atomic E-state index is 12.5. The van der Waals surface area contributed by atoms with Gasteiger partial charge in [-0.1, -0.05) is 41.6 Å². The van der Waals surface area contributed by atoms with E-state index in [1.165, 1.54) is 11.8 Å². The summed E-state index contributed by atoms with van der Waals surface area (Å²) in [6.07, 6.45) is 1.60. The van der Waals surface area contributed by atoms with Gasteiger partial charge in [-0.05, 0) is 30.7 Å². The highest BCUT2D eigenvalue weighted by molar-refractivity contribution is 7.99. The number of thioether (sulfide) groups is 1. The van der Waals surface area contributed by atoms with Gasteiger partial charge in [0, 0.05) is 25.2 Å². The molecule has 2 aromatic heterocycles. The van der Waals surface area contributed by atoms with Crippen LogP contribution in [0.2, 0.25) is 5.02 Å². The number of rotatable bonds is 7. The van der Waals surface area contributed by atoms with Crippen molar-refractivity contribution in [2.45, 2.75) is 25.2 Å². The highest BCUT2D eigenvalue weighted by Gasteiger charge is 2.17. The Morgan fingerprint density at radius 2 is 2.08 bits per heavy atom. The first-order chi connectivity index (χ1) is 12.6. The zero-order chi connectivity index (χ0) is 18.5. The van der Waals surface area contributed by atoms with Crippen LogP contribution >= 0.6 is 23.4 Å². The molecular weight excluding hydrogens is 372 g/mol. The second-order valence-corrected chi connectivity index (χ2v) is 7.01. The summed E-state index contributed by atoms with van der Waals surface area (Å²) in [6, 6.07) is 11.2. The predicted octanol–water partition coefficient (Wildman–Crippen LogP) is 3.96. The minimum absolute atomic E-state index is 0.000112. The van der Waals surface area contributed by atoms with E-state index in [-0.39, 0.29) is 11.7 Å². The predicted molar refractivity (Wildman–Crippen MR) is 102 cm³/mol. The molecule has 8 heteroatoms. The smallest absolute Gasteiger partial charge is 0.233 e. The first-order valence-corrected chi connectivity index (χ1v) is 9.53. The molecule has 6 nitrogen and oxygen atoms in total. The van der Waals surface area contributed by atoms with Gasteiger partial charge in [-0.15, -0.1) is 10.2 Å². The maximum Gasteiger partial charge on any atom is 0.233 e. The van der Waals surface area contributed by atoms with E-state index in [1.54, 1.807) is 18.2 Å². The molecule has 3 aromatic rings. The molecular formula is C18H19ClN4O2S. The first-order valence-electron chi connectivity index (χ1n) is 8.17. The molecule has 0 unspecified atom stereocenters. The summed E-state index contributed by atoms with van der Waals surface area (Å²) in [5.41, 5.74) is 0.923. The molecule has 1 aromatic carbocycles. The quantitative estimate of drug-likeness (QED) is 0.571. The number of halogens is 1. The van der Waals surface area contributed by atoms with Gasteiger partial charge in [0.05, 0.1) is 12.0 Å². The van der Waals surface area contributed by atoms with E-state index < -0.39 is 0 Å². The van der Waals surface area contributed by atoms with E-state index in [4.69, 9.17) is 16.0 Å². The van der Waals surface area contributed by atoms with Gasteiger partial charge < -0.3 is 9.32 Å². The van der Waals surface area contributed by atoms with Crippen molar-refractivity contribution in [1.82, 2.24) is 19.7 Å². The van der Waals surface area contributed by atoms with Crippen LogP contribution in [0.15, 0.2) is 52.2 Å². The van der Waals surface area contributed by atoms with E-state index in [0.29, 0.717) is 34.9 Å². The van der Waals surface area contributed by atoms with Crippen molar-refractivity contribution >= 4 is 29.3 Å². The normalized spacial score (nSPS) is 10.9. The molecule has 3 rings (SSSR count). The Kier molecular flexibility index (Phi) is 6.00. The molecule has 0 fully saturated rings. The number of carbonyl (C=O) groups excluding carboxylic acids is 1. The molecule has 136 valence electrons. The van der Waals surface area contributed by atoms with Crippen LogP contribution in [-0.4, -0.2) is 38.4 Å². The monoisotopic (exact) mass is 390 g/mol. The summed E-state index contributed by atoms with van der Waals surface area (Å²) < 4.78 is 7.33. The van der Waals surface area contributed by atoms with Crippen LogP contribution < -0.4 is 0 Å². The molecule has 0 aliphatic carbocycles. The van der Waals surface area contributed by atoms with Crippen LogP contribution in [0.5, 0.6) is 0 Å². The van der Waals surface area contributed by atoms with Crippen LogP contribution in [-0.2, 0) is 17.9 Å². The molecule has 26 heavy (non-hydrogen) atoms. The number of aromatic nitrogens is 3. The van der Waals surface area contributed by atoms with Crippen LogP contribution in [0.4, 0.5) is 0 Å². The van der Waals surface area contributed by atoms with Gasteiger partial charge in [-0.3, -0.25) is 9.36 Å². The number of carbonyl (C=O) groups is 1. The average molecular weight is 391 g/mol. The van der Waals surface area contributed by atoms with E-state index in [2.05, 4.69) is 10.2 Å². The van der Waals surface area contributed by atoms with Crippen molar-refractivity contribution < 1.29 is 9.21 Å². The Labute approximate surface area is 161 Å². The van der Waals surface area contributed by atoms with Gasteiger partial charge in [-0.25, -0.2) is 0 Å². The Morgan fingerprint density at radius 1 is 1.27 bits per heavy atom. The van der Waals surface area contributed by atoms with E-state index >= 15 is 0 Å². The molecule has 0 saturated heterocycles. The molecule has 0 saturated carbocycles. The van der Waals surface area contributed by atoms with Gasteiger partial charge in [0.15, 0.2) is 16.7 Å². The molecule has 0 aliphatic rings. The molecule has 0 aliphatic heterocycles. The lowest BCUT2D eigenvalue weighted by atomic mass is 10.2. The van der Waals surface area contributed by atoms with E-state index in [9.17, 15) is 4.79 Å². The zero-order valence-corrected chi connectivity index (χ0v) is 16.1. The molecule has 0 atom stereocenters. The Hall–Kier alpha value is -2.25. The second kappa shape index (κ2) is 8.42. The van der Waals surface area contributed by atoms with Crippen LogP contribution in [0.25, 0.3) is 11.6 Å². The van der Waals surface area contributed by atoms with Crippen LogP contribution in [0, 0.1) is 0 Å². The fourth-order valence-electron chi connectivity index (χ4n) is 2.48. The average Bonchev–Trinajstić information content (AvgIpc) is 3.30. The lowest BCUT2D eigenvalue weighted by molar-refractivity contribution is -0.127. The number of hydrogen-bond acceptors (Lipinski definition) is 5. The summed E-state index contributed by atoms with van der Waals surface area (Å²) in [4.78, 5) is 14.1. The zero-order valence-electron chi connectivity index (χ0n) is 14.6. The summed E-state index contributed by atoms with van der Waals surface area (Å²) in [7, 11) is 1.77. The second-order valence-electron chi connectivity index (χ2n) is 5.66. The van der Waals surface area contributed by atoms with E-state index in [0.717, 1.165) is 5.56 Å². The van der Waals surface area contributed by atoms with Gasteiger partial charge in [-0.2, -0.15) is 0 Å². The Bertz CT molecular complexity index is 879. The van der Waals surface area contributed by atoms with Gasteiger partial charge in [0.25, 0.3) is 0 Å². The Balaban J connectivity index is 1.63. The lowest BCUT2D eigenvalue weighted by Crippen LogP contribution is -2.28. The SMILES string of the molecule is CCn1c(SCC(=O)N(C)Cc2ccccc2Cl)nnc1-c1ccco1. The standard InChI is InChI=1S/C18H19ClN4O2S/c1-3-23-17(15-9-6-10-25-15)20-21-18(23)26-12-16(24)22(2)11-13-7-4-5-8-14(13)19/h4-10H,3,11-12H2,1-2H3. The van der Waals surface area contributed by atoms with Gasteiger partial charge >= 0.3 is 0 Å². The largest absolute Gasteiger partial charge is 0.461 e. The van der Waals surface area contributed by atoms with Crippen molar-refractivity contribution in [3.63, 3.8) is 0 Å². The van der Waals surface area contributed by atoms with Crippen molar-refractivity contribution in [2.24, 2.45) is 0 Å². The molecule has 2 heterocycles. The summed E-state index contributed by atoms with van der Waals surface area (Å²) in [5.74, 6) is 1.60. The highest BCUT2D eigenvalue weighted by Crippen LogP contribution is 2.24.